The first kappa shape index (κ1) is 20.0. The topological polar surface area (TPSA) is 86.8 Å². The maximum absolute atomic E-state index is 12.5. The van der Waals surface area contributed by atoms with Crippen molar-refractivity contribution in [1.82, 2.24) is 15.1 Å². The Hall–Kier alpha value is -2.70. The first-order valence-corrected chi connectivity index (χ1v) is 9.82. The predicted molar refractivity (Wildman–Crippen MR) is 103 cm³/mol. The molecule has 1 heterocycles. The number of carbonyl (C=O) groups is 4. The van der Waals surface area contributed by atoms with Crippen LogP contribution in [0.5, 0.6) is 0 Å². The fourth-order valence-corrected chi connectivity index (χ4v) is 4.12. The molecule has 7 nitrogen and oxygen atoms in total. The van der Waals surface area contributed by atoms with Crippen molar-refractivity contribution >= 4 is 23.6 Å². The van der Waals surface area contributed by atoms with E-state index in [-0.39, 0.29) is 48.4 Å². The molecule has 0 unspecified atom stereocenters. The van der Waals surface area contributed by atoms with Crippen molar-refractivity contribution in [2.75, 3.05) is 20.6 Å². The van der Waals surface area contributed by atoms with E-state index in [0.29, 0.717) is 12.1 Å². The van der Waals surface area contributed by atoms with Gasteiger partial charge in [0.15, 0.2) is 0 Å². The third-order valence-electron chi connectivity index (χ3n) is 5.77. The van der Waals surface area contributed by atoms with Gasteiger partial charge in [-0.2, -0.15) is 0 Å². The van der Waals surface area contributed by atoms with Gasteiger partial charge in [0.05, 0.1) is 11.8 Å². The van der Waals surface area contributed by atoms with Crippen LogP contribution in [-0.4, -0.2) is 54.1 Å². The van der Waals surface area contributed by atoms with Crippen LogP contribution in [0.3, 0.4) is 0 Å². The zero-order valence-electron chi connectivity index (χ0n) is 16.4. The summed E-state index contributed by atoms with van der Waals surface area (Å²) in [7, 11) is 3.27. The van der Waals surface area contributed by atoms with E-state index in [1.807, 2.05) is 12.1 Å². The number of benzene rings is 1. The highest BCUT2D eigenvalue weighted by atomic mass is 16.2. The molecule has 1 aromatic carbocycles. The summed E-state index contributed by atoms with van der Waals surface area (Å²) < 4.78 is 0. The Morgan fingerprint density at radius 3 is 2.18 bits per heavy atom. The minimum atomic E-state index is -0.173. The van der Waals surface area contributed by atoms with E-state index < -0.39 is 0 Å². The van der Waals surface area contributed by atoms with Gasteiger partial charge in [-0.15, -0.1) is 0 Å². The van der Waals surface area contributed by atoms with E-state index >= 15 is 0 Å². The summed E-state index contributed by atoms with van der Waals surface area (Å²) in [5.41, 5.74) is 1.47. The van der Waals surface area contributed by atoms with Crippen LogP contribution >= 0.6 is 0 Å². The van der Waals surface area contributed by atoms with Crippen LogP contribution < -0.4 is 5.32 Å². The summed E-state index contributed by atoms with van der Waals surface area (Å²) in [5, 5.41) is 2.57. The molecule has 0 radical (unpaired) electrons. The van der Waals surface area contributed by atoms with Crippen molar-refractivity contribution in [3.05, 3.63) is 35.4 Å². The summed E-state index contributed by atoms with van der Waals surface area (Å²) in [5.74, 6) is -0.826. The van der Waals surface area contributed by atoms with Gasteiger partial charge in [-0.05, 0) is 30.5 Å². The number of amides is 4. The van der Waals surface area contributed by atoms with Crippen LogP contribution in [0.15, 0.2) is 24.3 Å². The number of carbonyl (C=O) groups excluding carboxylic acids is 4. The lowest BCUT2D eigenvalue weighted by Gasteiger charge is -2.20. The first-order chi connectivity index (χ1) is 13.4. The van der Waals surface area contributed by atoms with E-state index in [1.165, 1.54) is 4.90 Å². The summed E-state index contributed by atoms with van der Waals surface area (Å²) in [4.78, 5) is 51.9. The van der Waals surface area contributed by atoms with Gasteiger partial charge in [-0.3, -0.25) is 24.1 Å². The fraction of sp³-hybridized carbons (Fsp3) is 0.524. The monoisotopic (exact) mass is 385 g/mol. The highest BCUT2D eigenvalue weighted by molar-refractivity contribution is 6.05. The molecule has 0 aromatic heterocycles. The zero-order chi connectivity index (χ0) is 20.3. The lowest BCUT2D eigenvalue weighted by atomic mass is 9.81. The highest BCUT2D eigenvalue weighted by Gasteiger charge is 2.47. The fourth-order valence-electron chi connectivity index (χ4n) is 4.12. The maximum atomic E-state index is 12.5. The van der Waals surface area contributed by atoms with Gasteiger partial charge in [-0.25, -0.2) is 0 Å². The molecule has 1 aromatic rings. The number of nitrogens with one attached hydrogen (secondary N) is 1. The summed E-state index contributed by atoms with van der Waals surface area (Å²) in [6, 6.07) is 7.06. The molecule has 0 bridgehead atoms. The van der Waals surface area contributed by atoms with Crippen molar-refractivity contribution < 1.29 is 19.2 Å². The van der Waals surface area contributed by atoms with Crippen LogP contribution in [0.1, 0.15) is 48.0 Å². The standard InChI is InChI=1S/C21H27N3O4/c1-22-19(26)15-9-7-14(8-10-15)13-23(2)18(25)11-12-24-20(27)16-5-3-4-6-17(16)21(24)28/h7-10,16-17H,3-6,11-13H2,1-2H3,(H,22,26)/t16-,17-/m1/s1. The molecule has 28 heavy (non-hydrogen) atoms. The molecular formula is C21H27N3O4. The molecule has 150 valence electrons. The van der Waals surface area contributed by atoms with Crippen molar-refractivity contribution in [3.63, 3.8) is 0 Å². The number of fused-ring (bicyclic) bond motifs is 1. The Kier molecular flexibility index (Phi) is 6.11. The van der Waals surface area contributed by atoms with E-state index in [9.17, 15) is 19.2 Å². The van der Waals surface area contributed by atoms with E-state index in [1.54, 1.807) is 31.1 Å². The maximum Gasteiger partial charge on any atom is 0.251 e. The van der Waals surface area contributed by atoms with E-state index in [4.69, 9.17) is 0 Å². The van der Waals surface area contributed by atoms with Gasteiger partial charge < -0.3 is 10.2 Å². The molecule has 1 saturated heterocycles. The summed E-state index contributed by atoms with van der Waals surface area (Å²) >= 11 is 0. The second-order valence-corrected chi connectivity index (χ2v) is 7.60. The zero-order valence-corrected chi connectivity index (χ0v) is 16.4. The van der Waals surface area contributed by atoms with Crippen LogP contribution in [0.2, 0.25) is 0 Å². The average Bonchev–Trinajstić information content (AvgIpc) is 2.96. The number of hydrogen-bond acceptors (Lipinski definition) is 4. The molecule has 2 atom stereocenters. The quantitative estimate of drug-likeness (QED) is 0.753. The Morgan fingerprint density at radius 2 is 1.64 bits per heavy atom. The second-order valence-electron chi connectivity index (χ2n) is 7.60. The van der Waals surface area contributed by atoms with Crippen molar-refractivity contribution in [2.24, 2.45) is 11.8 Å². The van der Waals surface area contributed by atoms with Gasteiger partial charge in [0.1, 0.15) is 0 Å². The van der Waals surface area contributed by atoms with Gasteiger partial charge in [0.25, 0.3) is 5.91 Å². The molecule has 0 spiro atoms. The Morgan fingerprint density at radius 1 is 1.07 bits per heavy atom. The van der Waals surface area contributed by atoms with Crippen molar-refractivity contribution in [3.8, 4) is 0 Å². The minimum absolute atomic E-state index is 0.102. The first-order valence-electron chi connectivity index (χ1n) is 9.82. The lowest BCUT2D eigenvalue weighted by Crippen LogP contribution is -2.36. The molecule has 3 rings (SSSR count). The van der Waals surface area contributed by atoms with E-state index in [2.05, 4.69) is 5.32 Å². The van der Waals surface area contributed by atoms with Gasteiger partial charge in [0.2, 0.25) is 17.7 Å². The number of nitrogens with zero attached hydrogens (tertiary/aromatic N) is 2. The molecule has 1 saturated carbocycles. The van der Waals surface area contributed by atoms with E-state index in [0.717, 1.165) is 31.2 Å². The molecule has 1 aliphatic heterocycles. The highest BCUT2D eigenvalue weighted by Crippen LogP contribution is 2.37. The molecule has 4 amide bonds. The Bertz CT molecular complexity index is 750. The molecule has 1 N–H and O–H groups in total. The third kappa shape index (κ3) is 4.08. The Labute approximate surface area is 165 Å². The largest absolute Gasteiger partial charge is 0.355 e. The van der Waals surface area contributed by atoms with Crippen molar-refractivity contribution in [1.29, 1.82) is 0 Å². The number of imide groups is 1. The predicted octanol–water partition coefficient (Wildman–Crippen LogP) is 1.57. The smallest absolute Gasteiger partial charge is 0.251 e. The van der Waals surface area contributed by atoms with Gasteiger partial charge in [0, 0.05) is 39.2 Å². The molecule has 7 heteroatoms. The van der Waals surface area contributed by atoms with Crippen LogP contribution in [0.25, 0.3) is 0 Å². The second kappa shape index (κ2) is 8.54. The molecular weight excluding hydrogens is 358 g/mol. The summed E-state index contributed by atoms with van der Waals surface area (Å²) in [6.07, 6.45) is 3.68. The van der Waals surface area contributed by atoms with Crippen LogP contribution in [0, 0.1) is 11.8 Å². The average molecular weight is 385 g/mol. The minimum Gasteiger partial charge on any atom is -0.355 e. The number of rotatable bonds is 6. The SMILES string of the molecule is CNC(=O)c1ccc(CN(C)C(=O)CCN2C(=O)[C@@H]3CCCC[C@H]3C2=O)cc1. The Balaban J connectivity index is 1.52. The summed E-state index contributed by atoms with van der Waals surface area (Å²) in [6.45, 7) is 0.559. The third-order valence-corrected chi connectivity index (χ3v) is 5.77. The lowest BCUT2D eigenvalue weighted by molar-refractivity contribution is -0.140. The van der Waals surface area contributed by atoms with Gasteiger partial charge >= 0.3 is 0 Å². The molecule has 2 aliphatic rings. The van der Waals surface area contributed by atoms with Crippen molar-refractivity contribution in [2.45, 2.75) is 38.6 Å². The number of likely N-dealkylation sites (tertiary alicyclic amines) is 1. The van der Waals surface area contributed by atoms with Gasteiger partial charge in [-0.1, -0.05) is 25.0 Å². The molecule has 2 fully saturated rings. The normalized spacial score (nSPS) is 21.4. The molecule has 1 aliphatic carbocycles. The number of hydrogen-bond donors (Lipinski definition) is 1. The van der Waals surface area contributed by atoms with Crippen LogP contribution in [-0.2, 0) is 20.9 Å². The van der Waals surface area contributed by atoms with Crippen LogP contribution in [0.4, 0.5) is 0 Å².